The molecular weight excluding hydrogens is 262 g/mol. The quantitative estimate of drug-likeness (QED) is 0.818. The van der Waals surface area contributed by atoms with Crippen LogP contribution in [0.5, 0.6) is 0 Å². The molecule has 112 valence electrons. The molecule has 1 atom stereocenters. The zero-order valence-corrected chi connectivity index (χ0v) is 12.9. The second-order valence-electron chi connectivity index (χ2n) is 5.72. The molecule has 0 saturated carbocycles. The Morgan fingerprint density at radius 1 is 1.14 bits per heavy atom. The Morgan fingerprint density at radius 2 is 1.86 bits per heavy atom. The highest BCUT2D eigenvalue weighted by Gasteiger charge is 2.14. The lowest BCUT2D eigenvalue weighted by molar-refractivity contribution is 0.0948. The first-order valence-corrected chi connectivity index (χ1v) is 7.55. The molecule has 0 radical (unpaired) electrons. The van der Waals surface area contributed by atoms with Crippen LogP contribution in [-0.2, 0) is 4.74 Å². The van der Waals surface area contributed by atoms with Crippen LogP contribution in [0.3, 0.4) is 0 Å². The molecule has 2 aromatic rings. The molecule has 0 aliphatic carbocycles. The van der Waals surface area contributed by atoms with Crippen molar-refractivity contribution >= 4 is 22.6 Å². The Labute approximate surface area is 126 Å². The van der Waals surface area contributed by atoms with Crippen molar-refractivity contribution in [3.63, 3.8) is 0 Å². The van der Waals surface area contributed by atoms with E-state index in [9.17, 15) is 4.79 Å². The molecule has 0 unspecified atom stereocenters. The Kier molecular flexibility index (Phi) is 5.20. The summed E-state index contributed by atoms with van der Waals surface area (Å²) in [5.74, 6) is 0.514. The molecule has 2 aromatic carbocycles. The van der Waals surface area contributed by atoms with Crippen molar-refractivity contribution in [1.29, 1.82) is 0 Å². The number of hydrogen-bond donors (Lipinski definition) is 1. The fourth-order valence-electron chi connectivity index (χ4n) is 2.45. The highest BCUT2D eigenvalue weighted by molar-refractivity contribution is 6.00. The molecule has 3 nitrogen and oxygen atoms in total. The molecule has 0 spiro atoms. The van der Waals surface area contributed by atoms with E-state index >= 15 is 0 Å². The van der Waals surface area contributed by atoms with Gasteiger partial charge in [-0.2, -0.15) is 0 Å². The number of nitrogens with one attached hydrogen (secondary N) is 1. The number of hydrogen-bond acceptors (Lipinski definition) is 2. The molecule has 0 aromatic heterocycles. The van der Waals surface area contributed by atoms with Crippen LogP contribution >= 0.6 is 0 Å². The molecule has 2 rings (SSSR count). The zero-order valence-electron chi connectivity index (χ0n) is 12.9. The van der Waals surface area contributed by atoms with E-state index in [1.165, 1.54) is 0 Å². The van der Waals surface area contributed by atoms with Gasteiger partial charge in [0.1, 0.15) is 6.10 Å². The van der Waals surface area contributed by atoms with Crippen molar-refractivity contribution in [3.8, 4) is 0 Å². The number of rotatable bonds is 5. The van der Waals surface area contributed by atoms with Gasteiger partial charge in [0.25, 0.3) is 0 Å². The molecule has 1 amide bonds. The maximum atomic E-state index is 12.1. The van der Waals surface area contributed by atoms with Crippen LogP contribution in [0.1, 0.15) is 33.6 Å². The number of fused-ring (bicyclic) bond motifs is 1. The van der Waals surface area contributed by atoms with Gasteiger partial charge < -0.3 is 4.74 Å². The van der Waals surface area contributed by atoms with Crippen molar-refractivity contribution < 1.29 is 9.53 Å². The van der Waals surface area contributed by atoms with Gasteiger partial charge in [0, 0.05) is 5.39 Å². The predicted octanol–water partition coefficient (Wildman–Crippen LogP) is 5.21. The maximum absolute atomic E-state index is 12.1. The number of carbonyl (C=O) groups excluding carboxylic acids is 1. The molecule has 0 aliphatic heterocycles. The van der Waals surface area contributed by atoms with Crippen LogP contribution in [0.4, 0.5) is 10.5 Å². The van der Waals surface area contributed by atoms with Crippen molar-refractivity contribution in [3.05, 3.63) is 42.5 Å². The lowest BCUT2D eigenvalue weighted by Crippen LogP contribution is -2.23. The van der Waals surface area contributed by atoms with Crippen LogP contribution < -0.4 is 5.32 Å². The Bertz CT molecular complexity index is 602. The lowest BCUT2D eigenvalue weighted by Gasteiger charge is -2.18. The first-order chi connectivity index (χ1) is 10.1. The summed E-state index contributed by atoms with van der Waals surface area (Å²) >= 11 is 0. The van der Waals surface area contributed by atoms with Gasteiger partial charge in [-0.05, 0) is 30.2 Å². The first kappa shape index (κ1) is 15.4. The summed E-state index contributed by atoms with van der Waals surface area (Å²) in [5.41, 5.74) is 0.789. The third kappa shape index (κ3) is 4.22. The number of benzene rings is 2. The number of amides is 1. The smallest absolute Gasteiger partial charge is 0.411 e. The third-order valence-corrected chi connectivity index (χ3v) is 3.49. The SMILES string of the molecule is CC[C@H](CC(C)C)OC(=O)Nc1cccc2ccccc12. The summed E-state index contributed by atoms with van der Waals surface area (Å²) in [6, 6.07) is 13.8. The molecule has 0 heterocycles. The van der Waals surface area contributed by atoms with E-state index in [1.54, 1.807) is 0 Å². The molecule has 0 aliphatic rings. The van der Waals surface area contributed by atoms with Gasteiger partial charge in [0.15, 0.2) is 0 Å². The van der Waals surface area contributed by atoms with Gasteiger partial charge >= 0.3 is 6.09 Å². The largest absolute Gasteiger partial charge is 0.446 e. The van der Waals surface area contributed by atoms with E-state index in [0.29, 0.717) is 5.92 Å². The van der Waals surface area contributed by atoms with Gasteiger partial charge in [-0.15, -0.1) is 0 Å². The van der Waals surface area contributed by atoms with Gasteiger partial charge in [0.05, 0.1) is 5.69 Å². The van der Waals surface area contributed by atoms with E-state index < -0.39 is 0 Å². The first-order valence-electron chi connectivity index (χ1n) is 7.55. The summed E-state index contributed by atoms with van der Waals surface area (Å²) in [6.45, 7) is 6.31. The second-order valence-corrected chi connectivity index (χ2v) is 5.72. The topological polar surface area (TPSA) is 38.3 Å². The van der Waals surface area contributed by atoms with Crippen molar-refractivity contribution in [2.45, 2.75) is 39.7 Å². The van der Waals surface area contributed by atoms with Crippen LogP contribution in [0.2, 0.25) is 0 Å². The zero-order chi connectivity index (χ0) is 15.2. The number of ether oxygens (including phenoxy) is 1. The summed E-state index contributed by atoms with van der Waals surface area (Å²) in [4.78, 5) is 12.1. The molecule has 21 heavy (non-hydrogen) atoms. The van der Waals surface area contributed by atoms with Gasteiger partial charge in [-0.25, -0.2) is 4.79 Å². The predicted molar refractivity (Wildman–Crippen MR) is 87.6 cm³/mol. The Balaban J connectivity index is 2.07. The van der Waals surface area contributed by atoms with Gasteiger partial charge in [-0.1, -0.05) is 57.2 Å². The molecular formula is C18H23NO2. The fraction of sp³-hybridized carbons (Fsp3) is 0.389. The summed E-state index contributed by atoms with van der Waals surface area (Å²) in [5, 5.41) is 4.99. The number of anilines is 1. The Hall–Kier alpha value is -2.03. The fourth-order valence-corrected chi connectivity index (χ4v) is 2.45. The molecule has 3 heteroatoms. The van der Waals surface area contributed by atoms with E-state index in [1.807, 2.05) is 49.4 Å². The summed E-state index contributed by atoms with van der Waals surface area (Å²) < 4.78 is 5.51. The van der Waals surface area contributed by atoms with Gasteiger partial charge in [-0.3, -0.25) is 5.32 Å². The minimum atomic E-state index is -0.376. The second kappa shape index (κ2) is 7.11. The average molecular weight is 285 g/mol. The van der Waals surface area contributed by atoms with Crippen molar-refractivity contribution in [1.82, 2.24) is 0 Å². The van der Waals surface area contributed by atoms with Crippen LogP contribution in [0.15, 0.2) is 42.5 Å². The maximum Gasteiger partial charge on any atom is 0.411 e. The average Bonchev–Trinajstić information content (AvgIpc) is 2.46. The lowest BCUT2D eigenvalue weighted by atomic mass is 10.0. The van der Waals surface area contributed by atoms with Gasteiger partial charge in [0.2, 0.25) is 0 Å². The van der Waals surface area contributed by atoms with Crippen LogP contribution in [0, 0.1) is 5.92 Å². The third-order valence-electron chi connectivity index (χ3n) is 3.49. The molecule has 1 N–H and O–H groups in total. The summed E-state index contributed by atoms with van der Waals surface area (Å²) in [7, 11) is 0. The highest BCUT2D eigenvalue weighted by atomic mass is 16.6. The monoisotopic (exact) mass is 285 g/mol. The number of carbonyl (C=O) groups is 1. The molecule has 0 fully saturated rings. The summed E-state index contributed by atoms with van der Waals surface area (Å²) in [6.07, 6.45) is 1.32. The minimum Gasteiger partial charge on any atom is -0.446 e. The van der Waals surface area contributed by atoms with E-state index in [-0.39, 0.29) is 12.2 Å². The normalized spacial score (nSPS) is 12.4. The van der Waals surface area contributed by atoms with E-state index in [4.69, 9.17) is 4.74 Å². The highest BCUT2D eigenvalue weighted by Crippen LogP contribution is 2.23. The minimum absolute atomic E-state index is 0.0278. The Morgan fingerprint density at radius 3 is 2.57 bits per heavy atom. The molecule has 0 saturated heterocycles. The van der Waals surface area contributed by atoms with Crippen LogP contribution in [0.25, 0.3) is 10.8 Å². The standard InChI is InChI=1S/C18H23NO2/c1-4-15(12-13(2)3)21-18(20)19-17-11-7-9-14-8-5-6-10-16(14)17/h5-11,13,15H,4,12H2,1-3H3,(H,19,20)/t15-/m1/s1. The van der Waals surface area contributed by atoms with Crippen molar-refractivity contribution in [2.24, 2.45) is 5.92 Å². The van der Waals surface area contributed by atoms with Crippen LogP contribution in [-0.4, -0.2) is 12.2 Å². The van der Waals surface area contributed by atoms with E-state index in [0.717, 1.165) is 29.3 Å². The van der Waals surface area contributed by atoms with E-state index in [2.05, 4.69) is 19.2 Å². The van der Waals surface area contributed by atoms with Crippen molar-refractivity contribution in [2.75, 3.05) is 5.32 Å². The molecule has 0 bridgehead atoms.